The highest BCUT2D eigenvalue weighted by Crippen LogP contribution is 2.26. The zero-order valence-corrected chi connectivity index (χ0v) is 10.2. The van der Waals surface area contributed by atoms with Crippen LogP contribution in [0.5, 0.6) is 0 Å². The number of rotatable bonds is 2. The highest BCUT2D eigenvalue weighted by atomic mass is 35.5. The van der Waals surface area contributed by atoms with Gasteiger partial charge in [0.1, 0.15) is 0 Å². The fourth-order valence-corrected chi connectivity index (χ4v) is 2.06. The third-order valence-electron chi connectivity index (χ3n) is 2.74. The molecule has 0 aromatic heterocycles. The minimum atomic E-state index is -0.497. The smallest absolute Gasteiger partial charge is 0.339 e. The maximum Gasteiger partial charge on any atom is 0.339 e. The number of esters is 1. The largest absolute Gasteiger partial charge is 0.465 e. The van der Waals surface area contributed by atoms with E-state index < -0.39 is 5.97 Å². The summed E-state index contributed by atoms with van der Waals surface area (Å²) < 4.78 is 4.63. The molecule has 0 atom stereocenters. The topological polar surface area (TPSA) is 46.6 Å². The summed E-state index contributed by atoms with van der Waals surface area (Å²) in [5, 5.41) is 0.326. The van der Waals surface area contributed by atoms with Gasteiger partial charge in [-0.05, 0) is 24.6 Å². The van der Waals surface area contributed by atoms with Gasteiger partial charge >= 0.3 is 5.97 Å². The lowest BCUT2D eigenvalue weighted by Crippen LogP contribution is -2.24. The quantitative estimate of drug-likeness (QED) is 0.760. The SMILES string of the molecule is COC(=O)c1cc(N2CCCC2=O)ccc1Cl. The second-order valence-electron chi connectivity index (χ2n) is 3.80. The lowest BCUT2D eigenvalue weighted by Gasteiger charge is -2.16. The summed E-state index contributed by atoms with van der Waals surface area (Å²) in [5.74, 6) is -0.424. The molecule has 1 heterocycles. The lowest BCUT2D eigenvalue weighted by atomic mass is 10.2. The normalized spacial score (nSPS) is 15.2. The van der Waals surface area contributed by atoms with Crippen molar-refractivity contribution in [1.29, 1.82) is 0 Å². The molecule has 0 saturated carbocycles. The van der Waals surface area contributed by atoms with Crippen molar-refractivity contribution in [3.63, 3.8) is 0 Å². The molecular formula is C12H12ClNO3. The standard InChI is InChI=1S/C12H12ClNO3/c1-17-12(16)9-7-8(4-5-10(9)13)14-6-2-3-11(14)15/h4-5,7H,2-3,6H2,1H3. The fraction of sp³-hybridized carbons (Fsp3) is 0.333. The Morgan fingerprint density at radius 3 is 2.82 bits per heavy atom. The number of amides is 1. The fourth-order valence-electron chi connectivity index (χ4n) is 1.87. The third kappa shape index (κ3) is 2.26. The summed E-state index contributed by atoms with van der Waals surface area (Å²) in [6.07, 6.45) is 1.39. The van der Waals surface area contributed by atoms with Gasteiger partial charge in [0.25, 0.3) is 0 Å². The Labute approximate surface area is 104 Å². The maximum atomic E-state index is 11.6. The van der Waals surface area contributed by atoms with Crippen molar-refractivity contribution in [1.82, 2.24) is 0 Å². The molecule has 5 heteroatoms. The number of carbonyl (C=O) groups excluding carboxylic acids is 2. The summed E-state index contributed by atoms with van der Waals surface area (Å²) in [5.41, 5.74) is 0.976. The van der Waals surface area contributed by atoms with Gasteiger partial charge in [-0.3, -0.25) is 4.79 Å². The molecule has 1 aliphatic rings. The van der Waals surface area contributed by atoms with Crippen LogP contribution in [-0.2, 0) is 9.53 Å². The van der Waals surface area contributed by atoms with Crippen molar-refractivity contribution in [3.8, 4) is 0 Å². The number of ether oxygens (including phenoxy) is 1. The number of methoxy groups -OCH3 is 1. The Morgan fingerprint density at radius 2 is 2.24 bits per heavy atom. The Kier molecular flexibility index (Phi) is 3.33. The third-order valence-corrected chi connectivity index (χ3v) is 3.07. The van der Waals surface area contributed by atoms with Gasteiger partial charge in [-0.25, -0.2) is 4.79 Å². The Balaban J connectivity index is 2.37. The first kappa shape index (κ1) is 11.9. The van der Waals surface area contributed by atoms with Crippen LogP contribution < -0.4 is 4.90 Å². The van der Waals surface area contributed by atoms with Crippen LogP contribution in [0.25, 0.3) is 0 Å². The molecule has 0 radical (unpaired) electrons. The molecule has 17 heavy (non-hydrogen) atoms. The molecule has 0 bridgehead atoms. The number of hydrogen-bond donors (Lipinski definition) is 0. The number of nitrogens with zero attached hydrogens (tertiary/aromatic N) is 1. The predicted octanol–water partition coefficient (Wildman–Crippen LogP) is 2.25. The van der Waals surface area contributed by atoms with Crippen molar-refractivity contribution in [2.45, 2.75) is 12.8 Å². The van der Waals surface area contributed by atoms with E-state index >= 15 is 0 Å². The molecule has 0 spiro atoms. The molecule has 0 unspecified atom stereocenters. The number of carbonyl (C=O) groups is 2. The van der Waals surface area contributed by atoms with Crippen LogP contribution in [0.2, 0.25) is 5.02 Å². The highest BCUT2D eigenvalue weighted by molar-refractivity contribution is 6.33. The summed E-state index contributed by atoms with van der Waals surface area (Å²) in [6, 6.07) is 4.93. The monoisotopic (exact) mass is 253 g/mol. The van der Waals surface area contributed by atoms with Crippen LogP contribution in [0, 0.1) is 0 Å². The molecule has 0 N–H and O–H groups in total. The molecule has 1 aromatic carbocycles. The van der Waals surface area contributed by atoms with E-state index in [-0.39, 0.29) is 11.5 Å². The average molecular weight is 254 g/mol. The minimum absolute atomic E-state index is 0.0724. The summed E-state index contributed by atoms with van der Waals surface area (Å²) >= 11 is 5.91. The number of benzene rings is 1. The highest BCUT2D eigenvalue weighted by Gasteiger charge is 2.23. The molecular weight excluding hydrogens is 242 g/mol. The number of halogens is 1. The average Bonchev–Trinajstić information content (AvgIpc) is 2.75. The van der Waals surface area contributed by atoms with E-state index in [0.29, 0.717) is 23.7 Å². The molecule has 1 aliphatic heterocycles. The molecule has 4 nitrogen and oxygen atoms in total. The maximum absolute atomic E-state index is 11.6. The summed E-state index contributed by atoms with van der Waals surface area (Å²) in [4.78, 5) is 24.7. The number of hydrogen-bond acceptors (Lipinski definition) is 3. The van der Waals surface area contributed by atoms with Crippen LogP contribution in [0.1, 0.15) is 23.2 Å². The van der Waals surface area contributed by atoms with Gasteiger partial charge in [0.2, 0.25) is 5.91 Å². The van der Waals surface area contributed by atoms with Gasteiger partial charge in [0, 0.05) is 18.7 Å². The van der Waals surface area contributed by atoms with E-state index in [1.807, 2.05) is 0 Å². The first-order chi connectivity index (χ1) is 8.13. The van der Waals surface area contributed by atoms with Gasteiger partial charge in [-0.2, -0.15) is 0 Å². The van der Waals surface area contributed by atoms with Gasteiger partial charge in [-0.1, -0.05) is 11.6 Å². The van der Waals surface area contributed by atoms with E-state index in [1.54, 1.807) is 23.1 Å². The molecule has 2 rings (SSSR count). The zero-order valence-electron chi connectivity index (χ0n) is 9.40. The van der Waals surface area contributed by atoms with Crippen molar-refractivity contribution in [2.24, 2.45) is 0 Å². The molecule has 1 saturated heterocycles. The van der Waals surface area contributed by atoms with Crippen molar-refractivity contribution in [2.75, 3.05) is 18.6 Å². The molecule has 0 aliphatic carbocycles. The van der Waals surface area contributed by atoms with Crippen molar-refractivity contribution in [3.05, 3.63) is 28.8 Å². The van der Waals surface area contributed by atoms with Crippen LogP contribution in [-0.4, -0.2) is 25.5 Å². The second-order valence-corrected chi connectivity index (χ2v) is 4.21. The van der Waals surface area contributed by atoms with Crippen molar-refractivity contribution >= 4 is 29.2 Å². The van der Waals surface area contributed by atoms with Crippen LogP contribution >= 0.6 is 11.6 Å². The van der Waals surface area contributed by atoms with Gasteiger partial charge in [-0.15, -0.1) is 0 Å². The van der Waals surface area contributed by atoms with Gasteiger partial charge in [0.15, 0.2) is 0 Å². The summed E-state index contributed by atoms with van der Waals surface area (Å²) in [6.45, 7) is 0.682. The lowest BCUT2D eigenvalue weighted by molar-refractivity contribution is -0.117. The van der Waals surface area contributed by atoms with Crippen LogP contribution in [0.15, 0.2) is 18.2 Å². The van der Waals surface area contributed by atoms with Crippen LogP contribution in [0.4, 0.5) is 5.69 Å². The Bertz CT molecular complexity index is 473. The van der Waals surface area contributed by atoms with E-state index in [2.05, 4.69) is 4.74 Å². The van der Waals surface area contributed by atoms with Crippen molar-refractivity contribution < 1.29 is 14.3 Å². The molecule has 1 aromatic rings. The molecule has 1 fully saturated rings. The predicted molar refractivity (Wildman–Crippen MR) is 64.4 cm³/mol. The number of anilines is 1. The van der Waals surface area contributed by atoms with Gasteiger partial charge < -0.3 is 9.64 Å². The first-order valence-corrected chi connectivity index (χ1v) is 5.69. The van der Waals surface area contributed by atoms with Gasteiger partial charge in [0.05, 0.1) is 17.7 Å². The Morgan fingerprint density at radius 1 is 1.47 bits per heavy atom. The molecule has 1 amide bonds. The van der Waals surface area contributed by atoms with E-state index in [1.165, 1.54) is 7.11 Å². The van der Waals surface area contributed by atoms with E-state index in [4.69, 9.17) is 11.6 Å². The van der Waals surface area contributed by atoms with Crippen LogP contribution in [0.3, 0.4) is 0 Å². The minimum Gasteiger partial charge on any atom is -0.465 e. The second kappa shape index (κ2) is 4.75. The zero-order chi connectivity index (χ0) is 12.4. The molecule has 90 valence electrons. The summed E-state index contributed by atoms with van der Waals surface area (Å²) in [7, 11) is 1.30. The van der Waals surface area contributed by atoms with E-state index in [9.17, 15) is 9.59 Å². The van der Waals surface area contributed by atoms with E-state index in [0.717, 1.165) is 6.42 Å². The Hall–Kier alpha value is -1.55. The first-order valence-electron chi connectivity index (χ1n) is 5.31.